The third kappa shape index (κ3) is 3.00. The van der Waals surface area contributed by atoms with Crippen LogP contribution in [0.5, 0.6) is 0 Å². The first-order chi connectivity index (χ1) is 8.58. The highest BCUT2D eigenvalue weighted by molar-refractivity contribution is 9.10. The van der Waals surface area contributed by atoms with E-state index in [4.69, 9.17) is 9.84 Å². The molecule has 6 heteroatoms. The minimum Gasteiger partial charge on any atom is -0.477 e. The van der Waals surface area contributed by atoms with Gasteiger partial charge in [-0.3, -0.25) is 4.79 Å². The summed E-state index contributed by atoms with van der Waals surface area (Å²) in [6.07, 6.45) is 4.98. The number of nitrogens with zero attached hydrogens (tertiary/aromatic N) is 1. The molecule has 0 atom stereocenters. The third-order valence-electron chi connectivity index (χ3n) is 3.08. The minimum atomic E-state index is -1.19. The largest absolute Gasteiger partial charge is 0.477 e. The fraction of sp³-hybridized carbons (Fsp3) is 0.500. The van der Waals surface area contributed by atoms with E-state index in [1.807, 2.05) is 0 Å². The molecule has 2 heterocycles. The van der Waals surface area contributed by atoms with Crippen molar-refractivity contribution in [3.63, 3.8) is 0 Å². The molecule has 0 spiro atoms. The number of halogens is 1. The molecule has 0 amide bonds. The van der Waals surface area contributed by atoms with Crippen LogP contribution in [0.15, 0.2) is 21.7 Å². The zero-order chi connectivity index (χ0) is 13.1. The van der Waals surface area contributed by atoms with Crippen LogP contribution in [0.25, 0.3) is 0 Å². The van der Waals surface area contributed by atoms with E-state index in [-0.39, 0.29) is 10.0 Å². The highest BCUT2D eigenvalue weighted by Gasteiger charge is 2.17. The van der Waals surface area contributed by atoms with Crippen molar-refractivity contribution in [2.75, 3.05) is 13.2 Å². The summed E-state index contributed by atoms with van der Waals surface area (Å²) in [4.78, 5) is 22.6. The van der Waals surface area contributed by atoms with E-state index >= 15 is 0 Å². The summed E-state index contributed by atoms with van der Waals surface area (Å²) in [6.45, 7) is 2.21. The van der Waals surface area contributed by atoms with Crippen LogP contribution in [0.2, 0.25) is 0 Å². The number of rotatable bonds is 3. The Balaban J connectivity index is 2.22. The topological polar surface area (TPSA) is 68.5 Å². The van der Waals surface area contributed by atoms with Gasteiger partial charge in [-0.2, -0.15) is 0 Å². The highest BCUT2D eigenvalue weighted by Crippen LogP contribution is 2.17. The lowest BCUT2D eigenvalue weighted by Gasteiger charge is -2.23. The molecular formula is C12H14BrNO4. The first kappa shape index (κ1) is 13.3. The summed E-state index contributed by atoms with van der Waals surface area (Å²) in [5.41, 5.74) is -0.679. The second-order valence-corrected chi connectivity index (χ2v) is 5.26. The lowest BCUT2D eigenvalue weighted by Crippen LogP contribution is -2.23. The van der Waals surface area contributed by atoms with Gasteiger partial charge in [-0.25, -0.2) is 4.79 Å². The van der Waals surface area contributed by atoms with E-state index in [1.54, 1.807) is 10.8 Å². The molecule has 0 bridgehead atoms. The predicted octanol–water partition coefficient (Wildman–Crippen LogP) is 1.74. The molecular weight excluding hydrogens is 302 g/mol. The second kappa shape index (κ2) is 5.67. The van der Waals surface area contributed by atoms with E-state index < -0.39 is 11.4 Å². The van der Waals surface area contributed by atoms with Crippen LogP contribution >= 0.6 is 15.9 Å². The molecule has 1 aromatic rings. The molecule has 5 nitrogen and oxygen atoms in total. The van der Waals surface area contributed by atoms with Gasteiger partial charge in [0.2, 0.25) is 5.43 Å². The van der Waals surface area contributed by atoms with Crippen LogP contribution in [-0.4, -0.2) is 28.9 Å². The maximum absolute atomic E-state index is 11.6. The van der Waals surface area contributed by atoms with Gasteiger partial charge in [-0.05, 0) is 34.7 Å². The summed E-state index contributed by atoms with van der Waals surface area (Å²) >= 11 is 3.11. The van der Waals surface area contributed by atoms with Crippen LogP contribution < -0.4 is 5.43 Å². The summed E-state index contributed by atoms with van der Waals surface area (Å²) < 4.78 is 7.33. The number of pyridine rings is 1. The molecule has 1 aromatic heterocycles. The third-order valence-corrected chi connectivity index (χ3v) is 3.64. The lowest BCUT2D eigenvalue weighted by molar-refractivity contribution is 0.0608. The zero-order valence-electron chi connectivity index (χ0n) is 9.76. The smallest absolute Gasteiger partial charge is 0.341 e. The molecule has 1 aliphatic rings. The summed E-state index contributed by atoms with van der Waals surface area (Å²) in [7, 11) is 0. The van der Waals surface area contributed by atoms with Gasteiger partial charge in [0.25, 0.3) is 0 Å². The van der Waals surface area contributed by atoms with Crippen molar-refractivity contribution in [1.82, 2.24) is 4.57 Å². The number of ether oxygens (including phenoxy) is 1. The monoisotopic (exact) mass is 315 g/mol. The predicted molar refractivity (Wildman–Crippen MR) is 68.9 cm³/mol. The van der Waals surface area contributed by atoms with Gasteiger partial charge < -0.3 is 14.4 Å². The van der Waals surface area contributed by atoms with Crippen molar-refractivity contribution in [3.8, 4) is 0 Å². The molecule has 1 aliphatic heterocycles. The molecule has 2 rings (SSSR count). The average Bonchev–Trinajstić information content (AvgIpc) is 2.34. The molecule has 0 radical (unpaired) electrons. The van der Waals surface area contributed by atoms with E-state index in [9.17, 15) is 9.59 Å². The minimum absolute atomic E-state index is 0.198. The van der Waals surface area contributed by atoms with E-state index in [1.165, 1.54) is 6.20 Å². The fourth-order valence-electron chi connectivity index (χ4n) is 2.08. The van der Waals surface area contributed by atoms with Crippen molar-refractivity contribution in [2.24, 2.45) is 5.92 Å². The molecule has 18 heavy (non-hydrogen) atoms. The van der Waals surface area contributed by atoms with Crippen molar-refractivity contribution in [1.29, 1.82) is 0 Å². The normalized spacial score (nSPS) is 16.7. The Morgan fingerprint density at radius 1 is 1.44 bits per heavy atom. The Labute approximate surface area is 113 Å². The lowest BCUT2D eigenvalue weighted by atomic mass is 10.0. The molecule has 1 N–H and O–H groups in total. The molecule has 0 saturated carbocycles. The van der Waals surface area contributed by atoms with Crippen LogP contribution in [-0.2, 0) is 11.3 Å². The Morgan fingerprint density at radius 3 is 2.72 bits per heavy atom. The van der Waals surface area contributed by atoms with Gasteiger partial charge in [-0.1, -0.05) is 0 Å². The molecule has 0 aromatic carbocycles. The number of aromatic nitrogens is 1. The Bertz CT molecular complexity index is 505. The maximum Gasteiger partial charge on any atom is 0.341 e. The van der Waals surface area contributed by atoms with E-state index in [0.717, 1.165) is 26.1 Å². The zero-order valence-corrected chi connectivity index (χ0v) is 11.4. The molecule has 0 aliphatic carbocycles. The maximum atomic E-state index is 11.6. The second-order valence-electron chi connectivity index (χ2n) is 4.41. The van der Waals surface area contributed by atoms with Gasteiger partial charge in [0.1, 0.15) is 5.56 Å². The van der Waals surface area contributed by atoms with Crippen molar-refractivity contribution in [3.05, 3.63) is 32.7 Å². The van der Waals surface area contributed by atoms with Crippen LogP contribution in [0.4, 0.5) is 0 Å². The first-order valence-electron chi connectivity index (χ1n) is 5.78. The average molecular weight is 316 g/mol. The van der Waals surface area contributed by atoms with E-state index in [2.05, 4.69) is 15.9 Å². The van der Waals surface area contributed by atoms with Gasteiger partial charge in [0.05, 0.1) is 4.47 Å². The summed E-state index contributed by atoms with van der Waals surface area (Å²) in [5.74, 6) is -0.725. The SMILES string of the molecule is O=C(O)c1cn(CC2CCOCC2)cc(Br)c1=O. The molecule has 98 valence electrons. The first-order valence-corrected chi connectivity index (χ1v) is 6.58. The van der Waals surface area contributed by atoms with E-state index in [0.29, 0.717) is 12.5 Å². The van der Waals surface area contributed by atoms with Crippen molar-refractivity contribution < 1.29 is 14.6 Å². The molecule has 0 unspecified atom stereocenters. The number of hydrogen-bond donors (Lipinski definition) is 1. The van der Waals surface area contributed by atoms with Gasteiger partial charge in [0, 0.05) is 32.2 Å². The molecule has 1 saturated heterocycles. The van der Waals surface area contributed by atoms with Crippen molar-refractivity contribution >= 4 is 21.9 Å². The summed E-state index contributed by atoms with van der Waals surface area (Å²) in [5, 5.41) is 8.97. The number of aromatic carboxylic acids is 1. The van der Waals surface area contributed by atoms with Gasteiger partial charge in [-0.15, -0.1) is 0 Å². The van der Waals surface area contributed by atoms with Crippen molar-refractivity contribution in [2.45, 2.75) is 19.4 Å². The Hall–Kier alpha value is -1.14. The van der Waals surface area contributed by atoms with Gasteiger partial charge in [0.15, 0.2) is 0 Å². The molecule has 1 fully saturated rings. The van der Waals surface area contributed by atoms with Gasteiger partial charge >= 0.3 is 5.97 Å². The number of carbonyl (C=O) groups is 1. The Morgan fingerprint density at radius 2 is 2.11 bits per heavy atom. The van der Waals surface area contributed by atoms with Crippen LogP contribution in [0.1, 0.15) is 23.2 Å². The quantitative estimate of drug-likeness (QED) is 0.922. The fourth-order valence-corrected chi connectivity index (χ4v) is 2.56. The van der Waals surface area contributed by atoms with Crippen LogP contribution in [0.3, 0.4) is 0 Å². The standard InChI is InChI=1S/C12H14BrNO4/c13-10-7-14(5-8-1-3-18-4-2-8)6-9(11(10)15)12(16)17/h6-8H,1-5H2,(H,16,17). The number of carboxylic acids is 1. The Kier molecular flexibility index (Phi) is 4.19. The van der Waals surface area contributed by atoms with Crippen LogP contribution in [0, 0.1) is 5.92 Å². The highest BCUT2D eigenvalue weighted by atomic mass is 79.9. The number of carboxylic acid groups (broad SMARTS) is 1. The summed E-state index contributed by atoms with van der Waals surface area (Å²) in [6, 6.07) is 0. The number of hydrogen-bond acceptors (Lipinski definition) is 3.